The highest BCUT2D eigenvalue weighted by atomic mass is 16.5. The largest absolute Gasteiger partial charge is 0.372 e. The zero-order chi connectivity index (χ0) is 18.6. The first-order valence-corrected chi connectivity index (χ1v) is 9.34. The summed E-state index contributed by atoms with van der Waals surface area (Å²) in [5.74, 6) is 2.14. The summed E-state index contributed by atoms with van der Waals surface area (Å²) in [5.41, 5.74) is 1.26. The number of rotatable bonds is 10. The molecule has 0 aliphatic rings. The van der Waals surface area contributed by atoms with E-state index < -0.39 is 0 Å². The Kier molecular flexibility index (Phi) is 8.45. The second-order valence-corrected chi connectivity index (χ2v) is 5.94. The second kappa shape index (κ2) is 11.1. The fourth-order valence-corrected chi connectivity index (χ4v) is 2.63. The number of nitrogens with one attached hydrogen (secondary N) is 2. The Hall–Kier alpha value is -2.57. The van der Waals surface area contributed by atoms with Crippen molar-refractivity contribution in [1.29, 1.82) is 0 Å². The van der Waals surface area contributed by atoms with Gasteiger partial charge in [-0.05, 0) is 39.3 Å². The van der Waals surface area contributed by atoms with Crippen molar-refractivity contribution in [2.24, 2.45) is 4.99 Å². The average molecular weight is 358 g/mol. The van der Waals surface area contributed by atoms with Crippen molar-refractivity contribution < 1.29 is 4.52 Å². The van der Waals surface area contributed by atoms with E-state index in [1.165, 1.54) is 5.69 Å². The van der Waals surface area contributed by atoms with Crippen molar-refractivity contribution in [2.75, 3.05) is 37.6 Å². The number of aryl methyl sites for hydroxylation is 1. The molecule has 1 aromatic heterocycles. The van der Waals surface area contributed by atoms with Crippen LogP contribution in [0.2, 0.25) is 0 Å². The van der Waals surface area contributed by atoms with Crippen molar-refractivity contribution in [1.82, 2.24) is 20.8 Å². The first-order chi connectivity index (χ1) is 12.7. The highest BCUT2D eigenvalue weighted by Gasteiger charge is 2.05. The minimum atomic E-state index is 0.646. The molecule has 1 aromatic carbocycles. The smallest absolute Gasteiger partial charge is 0.228 e. The molecule has 0 radical (unpaired) electrons. The van der Waals surface area contributed by atoms with Gasteiger partial charge in [-0.15, -0.1) is 0 Å². The third kappa shape index (κ3) is 6.74. The van der Waals surface area contributed by atoms with Crippen molar-refractivity contribution in [3.63, 3.8) is 0 Å². The van der Waals surface area contributed by atoms with E-state index in [2.05, 4.69) is 68.8 Å². The Bertz CT molecular complexity index is 655. The number of aromatic nitrogens is 2. The lowest BCUT2D eigenvalue weighted by Crippen LogP contribution is -2.38. The van der Waals surface area contributed by atoms with Crippen LogP contribution in [0.15, 0.2) is 39.8 Å². The van der Waals surface area contributed by atoms with Gasteiger partial charge in [0.05, 0.1) is 0 Å². The monoisotopic (exact) mass is 358 g/mol. The summed E-state index contributed by atoms with van der Waals surface area (Å²) in [5, 5.41) is 10.4. The zero-order valence-corrected chi connectivity index (χ0v) is 16.0. The van der Waals surface area contributed by atoms with E-state index in [0.717, 1.165) is 38.6 Å². The summed E-state index contributed by atoms with van der Waals surface area (Å²) in [6.45, 7) is 10.4. The maximum atomic E-state index is 5.12. The lowest BCUT2D eigenvalue weighted by atomic mass is 10.2. The second-order valence-electron chi connectivity index (χ2n) is 5.94. The van der Waals surface area contributed by atoms with Crippen LogP contribution in [0.5, 0.6) is 0 Å². The summed E-state index contributed by atoms with van der Waals surface area (Å²) < 4.78 is 5.12. The minimum Gasteiger partial charge on any atom is -0.372 e. The van der Waals surface area contributed by atoms with Gasteiger partial charge in [0.1, 0.15) is 0 Å². The summed E-state index contributed by atoms with van der Waals surface area (Å²) in [6, 6.07) is 10.5. The molecule has 0 atom stereocenters. The number of hydrogen-bond donors (Lipinski definition) is 2. The molecule has 0 unspecified atom stereocenters. The number of nitrogens with zero attached hydrogens (tertiary/aromatic N) is 4. The Morgan fingerprint density at radius 2 is 2.00 bits per heavy atom. The van der Waals surface area contributed by atoms with Crippen molar-refractivity contribution >= 4 is 11.6 Å². The van der Waals surface area contributed by atoms with Gasteiger partial charge in [-0.2, -0.15) is 4.98 Å². The number of benzene rings is 1. The van der Waals surface area contributed by atoms with Gasteiger partial charge in [0.2, 0.25) is 5.89 Å². The van der Waals surface area contributed by atoms with E-state index >= 15 is 0 Å². The van der Waals surface area contributed by atoms with Crippen LogP contribution in [0, 0.1) is 6.92 Å². The molecule has 0 fully saturated rings. The van der Waals surface area contributed by atoms with Gasteiger partial charge >= 0.3 is 0 Å². The van der Waals surface area contributed by atoms with E-state index in [1.807, 2.05) is 13.0 Å². The molecule has 1 heterocycles. The minimum absolute atomic E-state index is 0.646. The quantitative estimate of drug-likeness (QED) is 0.386. The fraction of sp³-hybridized carbons (Fsp3) is 0.526. The predicted molar refractivity (Wildman–Crippen MR) is 106 cm³/mol. The van der Waals surface area contributed by atoms with E-state index in [4.69, 9.17) is 4.52 Å². The van der Waals surface area contributed by atoms with Crippen LogP contribution in [0.4, 0.5) is 5.69 Å². The fourth-order valence-electron chi connectivity index (χ4n) is 2.63. The number of anilines is 1. The van der Waals surface area contributed by atoms with Crippen LogP contribution in [0.3, 0.4) is 0 Å². The van der Waals surface area contributed by atoms with Gasteiger partial charge in [-0.25, -0.2) is 0 Å². The lowest BCUT2D eigenvalue weighted by Gasteiger charge is -2.22. The number of guanidine groups is 1. The van der Waals surface area contributed by atoms with Crippen molar-refractivity contribution in [3.8, 4) is 0 Å². The van der Waals surface area contributed by atoms with Crippen molar-refractivity contribution in [2.45, 2.75) is 33.6 Å². The van der Waals surface area contributed by atoms with Crippen molar-refractivity contribution in [3.05, 3.63) is 42.0 Å². The molecule has 0 spiro atoms. The van der Waals surface area contributed by atoms with E-state index in [0.29, 0.717) is 24.7 Å². The van der Waals surface area contributed by atoms with Gasteiger partial charge in [0.25, 0.3) is 0 Å². The van der Waals surface area contributed by atoms with Crippen LogP contribution >= 0.6 is 0 Å². The summed E-state index contributed by atoms with van der Waals surface area (Å²) >= 11 is 0. The maximum Gasteiger partial charge on any atom is 0.228 e. The summed E-state index contributed by atoms with van der Waals surface area (Å²) in [6.07, 6.45) is 1.69. The third-order valence-electron chi connectivity index (χ3n) is 3.90. The number of aliphatic imine (C=N–C) groups is 1. The molecule has 0 aliphatic heterocycles. The molecule has 0 saturated heterocycles. The first-order valence-electron chi connectivity index (χ1n) is 9.34. The molecule has 2 N–H and O–H groups in total. The van der Waals surface area contributed by atoms with Gasteiger partial charge in [0.15, 0.2) is 11.8 Å². The maximum absolute atomic E-state index is 5.12. The standard InChI is InChI=1S/C19H30N6O/c1-4-20-19(22-14-12-18-23-16(3)24-26-18)21-13-9-15-25(5-2)17-10-7-6-8-11-17/h6-8,10-11H,4-5,9,12-15H2,1-3H3,(H2,20,21,22). The normalized spacial score (nSPS) is 11.4. The van der Waals surface area contributed by atoms with E-state index in [9.17, 15) is 0 Å². The topological polar surface area (TPSA) is 78.6 Å². The Morgan fingerprint density at radius 3 is 2.65 bits per heavy atom. The van der Waals surface area contributed by atoms with Gasteiger partial charge in [-0.1, -0.05) is 23.4 Å². The summed E-state index contributed by atoms with van der Waals surface area (Å²) in [4.78, 5) is 11.2. The molecule has 0 saturated carbocycles. The molecule has 26 heavy (non-hydrogen) atoms. The molecule has 7 nitrogen and oxygen atoms in total. The highest BCUT2D eigenvalue weighted by Crippen LogP contribution is 2.12. The van der Waals surface area contributed by atoms with E-state index in [-0.39, 0.29) is 0 Å². The van der Waals surface area contributed by atoms with Crippen LogP contribution in [-0.2, 0) is 6.42 Å². The van der Waals surface area contributed by atoms with E-state index in [1.54, 1.807) is 0 Å². The molecule has 0 bridgehead atoms. The van der Waals surface area contributed by atoms with Crippen LogP contribution in [0.1, 0.15) is 32.0 Å². The molecule has 0 amide bonds. The molecular weight excluding hydrogens is 328 g/mol. The molecular formula is C19H30N6O. The Balaban J connectivity index is 1.75. The zero-order valence-electron chi connectivity index (χ0n) is 16.0. The molecule has 7 heteroatoms. The summed E-state index contributed by atoms with van der Waals surface area (Å²) in [7, 11) is 0. The highest BCUT2D eigenvalue weighted by molar-refractivity contribution is 5.79. The third-order valence-corrected chi connectivity index (χ3v) is 3.90. The molecule has 2 aromatic rings. The average Bonchev–Trinajstić information content (AvgIpc) is 3.07. The van der Waals surface area contributed by atoms with Crippen LogP contribution in [-0.4, -0.2) is 48.8 Å². The van der Waals surface area contributed by atoms with Gasteiger partial charge in [0, 0.05) is 44.8 Å². The van der Waals surface area contributed by atoms with Gasteiger partial charge in [-0.3, -0.25) is 4.99 Å². The van der Waals surface area contributed by atoms with Crippen LogP contribution in [0.25, 0.3) is 0 Å². The number of hydrogen-bond acceptors (Lipinski definition) is 5. The van der Waals surface area contributed by atoms with Gasteiger partial charge < -0.3 is 20.1 Å². The molecule has 142 valence electrons. The molecule has 2 rings (SSSR count). The number of para-hydroxylation sites is 1. The Morgan fingerprint density at radius 1 is 1.19 bits per heavy atom. The Labute approximate surface area is 155 Å². The molecule has 0 aliphatic carbocycles. The predicted octanol–water partition coefficient (Wildman–Crippen LogP) is 2.39. The van der Waals surface area contributed by atoms with Crippen LogP contribution < -0.4 is 15.5 Å². The lowest BCUT2D eigenvalue weighted by molar-refractivity contribution is 0.374. The first kappa shape index (κ1) is 19.8. The SMILES string of the molecule is CCNC(=NCCCN(CC)c1ccccc1)NCCc1nc(C)no1.